The zero-order valence-electron chi connectivity index (χ0n) is 25.8. The van der Waals surface area contributed by atoms with Gasteiger partial charge in [0.15, 0.2) is 0 Å². The third-order valence-corrected chi connectivity index (χ3v) is 9.38. The van der Waals surface area contributed by atoms with Gasteiger partial charge in [-0.25, -0.2) is 0 Å². The van der Waals surface area contributed by atoms with Crippen LogP contribution in [0.25, 0.3) is 11.1 Å². The highest BCUT2D eigenvalue weighted by atomic mass is 16.5. The molecular formula is C35H44N4O4. The lowest BCUT2D eigenvalue weighted by Gasteiger charge is -2.55. The molecule has 1 spiro atoms. The highest BCUT2D eigenvalue weighted by molar-refractivity contribution is 5.98. The SMILES string of the molecule is CCC1CC(Nc2cc(-c3ccc(CN4CC5(COC5)C4)cc3)cc(C(=O)NCc3c(C)cc(C)[nH]c3=O)c2C)CCO1. The highest BCUT2D eigenvalue weighted by Gasteiger charge is 2.48. The van der Waals surface area contributed by atoms with E-state index in [4.69, 9.17) is 9.47 Å². The number of nitrogens with zero attached hydrogens (tertiary/aromatic N) is 1. The van der Waals surface area contributed by atoms with Gasteiger partial charge in [-0.1, -0.05) is 31.2 Å². The minimum absolute atomic E-state index is 0.162. The minimum Gasteiger partial charge on any atom is -0.382 e. The van der Waals surface area contributed by atoms with E-state index in [1.165, 1.54) is 5.56 Å². The quantitative estimate of drug-likeness (QED) is 0.324. The second-order valence-electron chi connectivity index (χ2n) is 12.9. The molecule has 2 aromatic carbocycles. The van der Waals surface area contributed by atoms with E-state index in [1.54, 1.807) is 0 Å². The lowest BCUT2D eigenvalue weighted by molar-refractivity contribution is -0.191. The molecule has 0 aliphatic carbocycles. The predicted octanol–water partition coefficient (Wildman–Crippen LogP) is 5.10. The molecule has 228 valence electrons. The van der Waals surface area contributed by atoms with E-state index >= 15 is 0 Å². The molecule has 1 aromatic heterocycles. The Bertz CT molecular complexity index is 1530. The average Bonchev–Trinajstić information content (AvgIpc) is 2.94. The Labute approximate surface area is 254 Å². The maximum Gasteiger partial charge on any atom is 0.253 e. The number of rotatable bonds is 9. The fourth-order valence-electron chi connectivity index (χ4n) is 6.80. The summed E-state index contributed by atoms with van der Waals surface area (Å²) in [7, 11) is 0. The van der Waals surface area contributed by atoms with Crippen molar-refractivity contribution in [2.24, 2.45) is 5.41 Å². The van der Waals surface area contributed by atoms with Crippen LogP contribution in [-0.4, -0.2) is 60.8 Å². The molecule has 43 heavy (non-hydrogen) atoms. The number of aryl methyl sites for hydroxylation is 2. The van der Waals surface area contributed by atoms with Crippen molar-refractivity contribution in [2.45, 2.75) is 72.2 Å². The summed E-state index contributed by atoms with van der Waals surface area (Å²) in [6.45, 7) is 13.8. The van der Waals surface area contributed by atoms with Crippen LogP contribution in [0.5, 0.6) is 0 Å². The van der Waals surface area contributed by atoms with Gasteiger partial charge in [0.1, 0.15) is 0 Å². The van der Waals surface area contributed by atoms with Gasteiger partial charge in [0.25, 0.3) is 11.5 Å². The second kappa shape index (κ2) is 12.3. The van der Waals surface area contributed by atoms with Gasteiger partial charge in [-0.05, 0) is 86.1 Å². The van der Waals surface area contributed by atoms with Crippen molar-refractivity contribution in [3.05, 3.63) is 86.3 Å². The van der Waals surface area contributed by atoms with Gasteiger partial charge in [0, 0.05) is 66.8 Å². The number of amides is 1. The van der Waals surface area contributed by atoms with Crippen LogP contribution in [0, 0.1) is 26.2 Å². The number of aromatic amines is 1. The minimum atomic E-state index is -0.191. The molecule has 0 bridgehead atoms. The third-order valence-electron chi connectivity index (χ3n) is 9.38. The van der Waals surface area contributed by atoms with Crippen molar-refractivity contribution in [1.29, 1.82) is 0 Å². The van der Waals surface area contributed by atoms with Gasteiger partial charge < -0.3 is 25.1 Å². The Hall–Kier alpha value is -3.46. The normalized spacial score (nSPS) is 21.2. The first-order valence-corrected chi connectivity index (χ1v) is 15.6. The van der Waals surface area contributed by atoms with E-state index < -0.39 is 0 Å². The van der Waals surface area contributed by atoms with Gasteiger partial charge >= 0.3 is 0 Å². The standard InChI is InChI=1S/C35H44N4O4/c1-5-29-15-28(10-11-43-29)38-32-14-27(26-8-6-25(7-9-26)17-39-18-35(19-39)20-42-21-35)13-30(24(32)4)33(40)36-16-31-22(2)12-23(3)37-34(31)41/h6-9,12-14,28-29,38H,5,10-11,15-21H2,1-4H3,(H,36,40)(H,37,41). The van der Waals surface area contributed by atoms with Crippen LogP contribution in [0.2, 0.25) is 0 Å². The van der Waals surface area contributed by atoms with Gasteiger partial charge in [-0.15, -0.1) is 0 Å². The van der Waals surface area contributed by atoms with E-state index in [1.807, 2.05) is 32.9 Å². The van der Waals surface area contributed by atoms with Crippen LogP contribution in [0.15, 0.2) is 47.3 Å². The number of carbonyl (C=O) groups excluding carboxylic acids is 1. The van der Waals surface area contributed by atoms with E-state index in [0.717, 1.165) is 92.4 Å². The molecular weight excluding hydrogens is 540 g/mol. The van der Waals surface area contributed by atoms with Gasteiger partial charge in [0.05, 0.1) is 19.3 Å². The first-order chi connectivity index (χ1) is 20.7. The molecule has 0 saturated carbocycles. The molecule has 4 heterocycles. The first-order valence-electron chi connectivity index (χ1n) is 15.6. The fourth-order valence-corrected chi connectivity index (χ4v) is 6.80. The Balaban J connectivity index is 1.24. The second-order valence-corrected chi connectivity index (χ2v) is 12.9. The number of hydrogen-bond acceptors (Lipinski definition) is 6. The summed E-state index contributed by atoms with van der Waals surface area (Å²) >= 11 is 0. The van der Waals surface area contributed by atoms with Gasteiger partial charge in [-0.2, -0.15) is 0 Å². The fraction of sp³-hybridized carbons (Fsp3) is 0.486. The summed E-state index contributed by atoms with van der Waals surface area (Å²) in [6.07, 6.45) is 3.10. The summed E-state index contributed by atoms with van der Waals surface area (Å²) in [6, 6.07) is 15.1. The molecule has 0 radical (unpaired) electrons. The van der Waals surface area contributed by atoms with Gasteiger partial charge in [0.2, 0.25) is 0 Å². The highest BCUT2D eigenvalue weighted by Crippen LogP contribution is 2.38. The molecule has 3 fully saturated rings. The zero-order valence-corrected chi connectivity index (χ0v) is 25.8. The number of hydrogen-bond donors (Lipinski definition) is 3. The molecule has 3 aliphatic rings. The maximum atomic E-state index is 13.7. The lowest BCUT2D eigenvalue weighted by Crippen LogP contribution is -2.65. The summed E-state index contributed by atoms with van der Waals surface area (Å²) < 4.78 is 11.3. The Morgan fingerprint density at radius 3 is 2.51 bits per heavy atom. The van der Waals surface area contributed by atoms with Crippen LogP contribution < -0.4 is 16.2 Å². The molecule has 3 saturated heterocycles. The van der Waals surface area contributed by atoms with Crippen LogP contribution in [0.3, 0.4) is 0 Å². The molecule has 2 atom stereocenters. The van der Waals surface area contributed by atoms with Crippen LogP contribution >= 0.6 is 0 Å². The van der Waals surface area contributed by atoms with Crippen molar-refractivity contribution in [3.8, 4) is 11.1 Å². The van der Waals surface area contributed by atoms with E-state index in [-0.39, 0.29) is 30.2 Å². The van der Waals surface area contributed by atoms with Crippen molar-refractivity contribution >= 4 is 11.6 Å². The third kappa shape index (κ3) is 6.42. The number of pyridine rings is 1. The molecule has 3 N–H and O–H groups in total. The average molecular weight is 585 g/mol. The number of anilines is 1. The Kier molecular flexibility index (Phi) is 8.45. The number of ether oxygens (including phenoxy) is 2. The molecule has 8 heteroatoms. The summed E-state index contributed by atoms with van der Waals surface area (Å²) in [5, 5.41) is 6.78. The van der Waals surface area contributed by atoms with E-state index in [9.17, 15) is 9.59 Å². The number of likely N-dealkylation sites (tertiary alicyclic amines) is 1. The first kappa shape index (κ1) is 29.6. The van der Waals surface area contributed by atoms with Crippen LogP contribution in [0.1, 0.15) is 64.5 Å². The lowest BCUT2D eigenvalue weighted by atomic mass is 9.78. The summed E-state index contributed by atoms with van der Waals surface area (Å²) in [5.74, 6) is -0.191. The Morgan fingerprint density at radius 1 is 1.07 bits per heavy atom. The van der Waals surface area contributed by atoms with Crippen molar-refractivity contribution in [2.75, 3.05) is 38.2 Å². The Morgan fingerprint density at radius 2 is 1.84 bits per heavy atom. The van der Waals surface area contributed by atoms with E-state index in [2.05, 4.69) is 57.8 Å². The van der Waals surface area contributed by atoms with Crippen molar-refractivity contribution in [1.82, 2.24) is 15.2 Å². The topological polar surface area (TPSA) is 95.7 Å². The zero-order chi connectivity index (χ0) is 30.1. The molecule has 3 aliphatic heterocycles. The number of H-pyrrole nitrogens is 1. The number of aromatic nitrogens is 1. The van der Waals surface area contributed by atoms with Gasteiger partial charge in [-0.3, -0.25) is 14.5 Å². The largest absolute Gasteiger partial charge is 0.382 e. The molecule has 2 unspecified atom stereocenters. The van der Waals surface area contributed by atoms with E-state index in [0.29, 0.717) is 16.5 Å². The molecule has 3 aromatic rings. The molecule has 8 nitrogen and oxygen atoms in total. The smallest absolute Gasteiger partial charge is 0.253 e. The monoisotopic (exact) mass is 584 g/mol. The number of nitrogens with one attached hydrogen (secondary N) is 3. The van der Waals surface area contributed by atoms with Crippen molar-refractivity contribution < 1.29 is 14.3 Å². The van der Waals surface area contributed by atoms with Crippen molar-refractivity contribution in [3.63, 3.8) is 0 Å². The van der Waals surface area contributed by atoms with Crippen LogP contribution in [-0.2, 0) is 22.6 Å². The molecule has 6 rings (SSSR count). The number of carbonyl (C=O) groups is 1. The number of benzene rings is 2. The maximum absolute atomic E-state index is 13.7. The summed E-state index contributed by atoms with van der Waals surface area (Å²) in [4.78, 5) is 31.6. The predicted molar refractivity (Wildman–Crippen MR) is 170 cm³/mol. The van der Waals surface area contributed by atoms with Crippen LogP contribution in [0.4, 0.5) is 5.69 Å². The molecule has 1 amide bonds. The summed E-state index contributed by atoms with van der Waals surface area (Å²) in [5.41, 5.74) is 8.32.